The van der Waals surface area contributed by atoms with Gasteiger partial charge in [-0.3, -0.25) is 10.1 Å². The molecule has 6 nitrogen and oxygen atoms in total. The minimum absolute atomic E-state index is 0.0308. The van der Waals surface area contributed by atoms with E-state index in [1.165, 1.54) is 18.2 Å². The average molecular weight is 266 g/mol. The highest BCUT2D eigenvalue weighted by Gasteiger charge is 2.25. The molecule has 0 amide bonds. The van der Waals surface area contributed by atoms with E-state index in [-0.39, 0.29) is 22.9 Å². The molecule has 0 radical (unpaired) electrons. The Kier molecular flexibility index (Phi) is 4.86. The zero-order valence-corrected chi connectivity index (χ0v) is 11.3. The van der Waals surface area contributed by atoms with Crippen molar-refractivity contribution in [2.24, 2.45) is 5.92 Å². The number of hydrogen-bond acceptors (Lipinski definition) is 4. The maximum Gasteiger partial charge on any atom is 0.338 e. The molecule has 0 bridgehead atoms. The van der Waals surface area contributed by atoms with E-state index in [0.29, 0.717) is 13.1 Å². The van der Waals surface area contributed by atoms with Crippen LogP contribution in [-0.4, -0.2) is 29.1 Å². The van der Waals surface area contributed by atoms with Gasteiger partial charge in [-0.25, -0.2) is 4.79 Å². The predicted molar refractivity (Wildman–Crippen MR) is 72.8 cm³/mol. The Morgan fingerprint density at radius 3 is 2.53 bits per heavy atom. The fraction of sp³-hybridized carbons (Fsp3) is 0.462. The Labute approximate surface area is 111 Å². The first-order valence-electron chi connectivity index (χ1n) is 6.14. The first kappa shape index (κ1) is 14.9. The van der Waals surface area contributed by atoms with Gasteiger partial charge in [-0.2, -0.15) is 0 Å². The van der Waals surface area contributed by atoms with Crippen LogP contribution in [0.25, 0.3) is 0 Å². The SMILES string of the molecule is CCN(CC(C)C)c1c(C(=O)O)cccc1[N+](=O)[O-]. The lowest BCUT2D eigenvalue weighted by atomic mass is 10.1. The fourth-order valence-corrected chi connectivity index (χ4v) is 2.00. The summed E-state index contributed by atoms with van der Waals surface area (Å²) in [5.41, 5.74) is -0.00435. The van der Waals surface area contributed by atoms with Crippen molar-refractivity contribution >= 4 is 17.3 Å². The van der Waals surface area contributed by atoms with Crippen molar-refractivity contribution in [2.45, 2.75) is 20.8 Å². The van der Waals surface area contributed by atoms with Gasteiger partial charge in [0.15, 0.2) is 0 Å². The van der Waals surface area contributed by atoms with Crippen molar-refractivity contribution in [3.05, 3.63) is 33.9 Å². The predicted octanol–water partition coefficient (Wildman–Crippen LogP) is 2.78. The summed E-state index contributed by atoms with van der Waals surface area (Å²) in [6, 6.07) is 4.13. The van der Waals surface area contributed by atoms with Crippen LogP contribution >= 0.6 is 0 Å². The van der Waals surface area contributed by atoms with E-state index in [1.54, 1.807) is 4.90 Å². The summed E-state index contributed by atoms with van der Waals surface area (Å²) < 4.78 is 0. The van der Waals surface area contributed by atoms with E-state index in [4.69, 9.17) is 0 Å². The lowest BCUT2D eigenvalue weighted by Gasteiger charge is -2.26. The molecule has 1 N–H and O–H groups in total. The van der Waals surface area contributed by atoms with Crippen LogP contribution < -0.4 is 4.90 Å². The van der Waals surface area contributed by atoms with Crippen molar-refractivity contribution in [1.82, 2.24) is 0 Å². The van der Waals surface area contributed by atoms with Crippen molar-refractivity contribution < 1.29 is 14.8 Å². The number of benzene rings is 1. The van der Waals surface area contributed by atoms with Gasteiger partial charge in [0.25, 0.3) is 5.69 Å². The Bertz CT molecular complexity index is 453. The highest BCUT2D eigenvalue weighted by Crippen LogP contribution is 2.32. The second-order valence-corrected chi connectivity index (χ2v) is 4.67. The molecule has 6 heteroatoms. The molecule has 19 heavy (non-hydrogen) atoms. The molecule has 0 atom stereocenters. The number of aromatic carboxylic acids is 1. The summed E-state index contributed by atoms with van der Waals surface area (Å²) in [6.07, 6.45) is 0. The minimum Gasteiger partial charge on any atom is -0.478 e. The van der Waals surface area contributed by atoms with Crippen LogP contribution in [0.2, 0.25) is 0 Å². The smallest absolute Gasteiger partial charge is 0.338 e. The number of hydrogen-bond donors (Lipinski definition) is 1. The topological polar surface area (TPSA) is 83.7 Å². The number of nitro groups is 1. The maximum atomic E-state index is 11.3. The number of carbonyl (C=O) groups is 1. The van der Waals surface area contributed by atoms with Crippen LogP contribution in [-0.2, 0) is 0 Å². The van der Waals surface area contributed by atoms with Gasteiger partial charge < -0.3 is 10.0 Å². The van der Waals surface area contributed by atoms with E-state index in [9.17, 15) is 20.0 Å². The Hall–Kier alpha value is -2.11. The summed E-state index contributed by atoms with van der Waals surface area (Å²) >= 11 is 0. The van der Waals surface area contributed by atoms with Crippen molar-refractivity contribution in [2.75, 3.05) is 18.0 Å². The second kappa shape index (κ2) is 6.17. The summed E-state index contributed by atoms with van der Waals surface area (Å²) in [7, 11) is 0. The molecule has 0 aliphatic carbocycles. The molecule has 0 aliphatic heterocycles. The van der Waals surface area contributed by atoms with Gasteiger partial charge in [-0.15, -0.1) is 0 Å². The van der Waals surface area contributed by atoms with Crippen LogP contribution in [0.4, 0.5) is 11.4 Å². The lowest BCUT2D eigenvalue weighted by molar-refractivity contribution is -0.384. The molecular weight excluding hydrogens is 248 g/mol. The monoisotopic (exact) mass is 266 g/mol. The molecular formula is C13H18N2O4. The van der Waals surface area contributed by atoms with E-state index in [0.717, 1.165) is 0 Å². The molecule has 0 spiro atoms. The Balaban J connectivity index is 3.42. The normalized spacial score (nSPS) is 10.5. The summed E-state index contributed by atoms with van der Waals surface area (Å²) in [6.45, 7) is 6.91. The second-order valence-electron chi connectivity index (χ2n) is 4.67. The number of carboxylic acid groups (broad SMARTS) is 1. The fourth-order valence-electron chi connectivity index (χ4n) is 2.00. The third kappa shape index (κ3) is 3.43. The molecule has 1 rings (SSSR count). The summed E-state index contributed by atoms with van der Waals surface area (Å²) in [5.74, 6) is -0.873. The van der Waals surface area contributed by atoms with Gasteiger partial charge in [0, 0.05) is 19.2 Å². The number of carboxylic acids is 1. The zero-order chi connectivity index (χ0) is 14.6. The quantitative estimate of drug-likeness (QED) is 0.632. The molecule has 0 fully saturated rings. The first-order valence-corrected chi connectivity index (χ1v) is 6.14. The van der Waals surface area contributed by atoms with Crippen LogP contribution in [0.15, 0.2) is 18.2 Å². The highest BCUT2D eigenvalue weighted by molar-refractivity contribution is 5.97. The Morgan fingerprint density at radius 2 is 2.11 bits per heavy atom. The minimum atomic E-state index is -1.15. The van der Waals surface area contributed by atoms with Crippen molar-refractivity contribution in [3.63, 3.8) is 0 Å². The number of rotatable bonds is 6. The molecule has 0 aromatic heterocycles. The number of para-hydroxylation sites is 1. The van der Waals surface area contributed by atoms with E-state index >= 15 is 0 Å². The molecule has 1 aromatic carbocycles. The van der Waals surface area contributed by atoms with Gasteiger partial charge >= 0.3 is 5.97 Å². The number of nitro benzene ring substituents is 1. The molecule has 0 saturated carbocycles. The van der Waals surface area contributed by atoms with Crippen LogP contribution in [0, 0.1) is 16.0 Å². The lowest BCUT2D eigenvalue weighted by Crippen LogP contribution is -2.29. The molecule has 0 aliphatic rings. The van der Waals surface area contributed by atoms with E-state index in [2.05, 4.69) is 0 Å². The zero-order valence-electron chi connectivity index (χ0n) is 11.3. The Morgan fingerprint density at radius 1 is 1.47 bits per heavy atom. The maximum absolute atomic E-state index is 11.3. The van der Waals surface area contributed by atoms with E-state index < -0.39 is 10.9 Å². The van der Waals surface area contributed by atoms with Crippen molar-refractivity contribution in [1.29, 1.82) is 0 Å². The number of anilines is 1. The van der Waals surface area contributed by atoms with Gasteiger partial charge in [-0.05, 0) is 18.9 Å². The average Bonchev–Trinajstić information content (AvgIpc) is 2.34. The van der Waals surface area contributed by atoms with Crippen LogP contribution in [0.5, 0.6) is 0 Å². The summed E-state index contributed by atoms with van der Waals surface area (Å²) in [4.78, 5) is 23.5. The summed E-state index contributed by atoms with van der Waals surface area (Å²) in [5, 5.41) is 20.3. The molecule has 104 valence electrons. The molecule has 0 heterocycles. The highest BCUT2D eigenvalue weighted by atomic mass is 16.6. The molecule has 0 saturated heterocycles. The van der Waals surface area contributed by atoms with Gasteiger partial charge in [-0.1, -0.05) is 19.9 Å². The third-order valence-electron chi connectivity index (χ3n) is 2.73. The standard InChI is InChI=1S/C13H18N2O4/c1-4-14(8-9(2)3)12-10(13(16)17)6-5-7-11(12)15(18)19/h5-7,9H,4,8H2,1-3H3,(H,16,17). The largest absolute Gasteiger partial charge is 0.478 e. The van der Waals surface area contributed by atoms with Crippen molar-refractivity contribution in [3.8, 4) is 0 Å². The molecule has 1 aromatic rings. The molecule has 0 unspecified atom stereocenters. The first-order chi connectivity index (χ1) is 8.88. The van der Waals surface area contributed by atoms with Crippen LogP contribution in [0.1, 0.15) is 31.1 Å². The van der Waals surface area contributed by atoms with E-state index in [1.807, 2.05) is 20.8 Å². The van der Waals surface area contributed by atoms with Crippen LogP contribution in [0.3, 0.4) is 0 Å². The van der Waals surface area contributed by atoms with Gasteiger partial charge in [0.05, 0.1) is 10.5 Å². The number of nitrogens with zero attached hydrogens (tertiary/aromatic N) is 2. The van der Waals surface area contributed by atoms with Gasteiger partial charge in [0.1, 0.15) is 5.69 Å². The van der Waals surface area contributed by atoms with Gasteiger partial charge in [0.2, 0.25) is 0 Å². The third-order valence-corrected chi connectivity index (χ3v) is 2.73.